The van der Waals surface area contributed by atoms with E-state index in [1.165, 1.54) is 6.07 Å². The highest BCUT2D eigenvalue weighted by atomic mass is 19.1. The zero-order valence-corrected chi connectivity index (χ0v) is 10.2. The minimum Gasteiger partial charge on any atom is -0.479 e. The Morgan fingerprint density at radius 2 is 2.18 bits per heavy atom. The third-order valence-corrected chi connectivity index (χ3v) is 2.26. The summed E-state index contributed by atoms with van der Waals surface area (Å²) in [4.78, 5) is 11.2. The summed E-state index contributed by atoms with van der Waals surface area (Å²) in [6, 6.07) is 4.81. The standard InChI is InChI=1S/C13H17FO3/c1-3-4-8-16-12(15)9-17-11-7-5-6-10(2)13(11)14/h5-7H,3-4,8-9H2,1-2H3. The van der Waals surface area contributed by atoms with Crippen molar-refractivity contribution in [3.05, 3.63) is 29.6 Å². The second-order valence-electron chi connectivity index (χ2n) is 3.75. The van der Waals surface area contributed by atoms with Gasteiger partial charge in [-0.3, -0.25) is 0 Å². The maximum absolute atomic E-state index is 13.5. The van der Waals surface area contributed by atoms with E-state index >= 15 is 0 Å². The first-order valence-corrected chi connectivity index (χ1v) is 5.68. The van der Waals surface area contributed by atoms with Gasteiger partial charge in [0.2, 0.25) is 0 Å². The first-order valence-electron chi connectivity index (χ1n) is 5.68. The van der Waals surface area contributed by atoms with Gasteiger partial charge in [-0.25, -0.2) is 9.18 Å². The third-order valence-electron chi connectivity index (χ3n) is 2.26. The van der Waals surface area contributed by atoms with Gasteiger partial charge in [0, 0.05) is 0 Å². The van der Waals surface area contributed by atoms with Crippen LogP contribution in [0.5, 0.6) is 5.75 Å². The van der Waals surface area contributed by atoms with Crippen LogP contribution in [0, 0.1) is 12.7 Å². The average molecular weight is 240 g/mol. The Kier molecular flexibility index (Phi) is 5.46. The van der Waals surface area contributed by atoms with Gasteiger partial charge in [-0.2, -0.15) is 0 Å². The molecule has 0 spiro atoms. The van der Waals surface area contributed by atoms with Gasteiger partial charge in [-0.15, -0.1) is 0 Å². The Morgan fingerprint density at radius 3 is 2.88 bits per heavy atom. The van der Waals surface area contributed by atoms with Gasteiger partial charge in [-0.05, 0) is 25.0 Å². The summed E-state index contributed by atoms with van der Waals surface area (Å²) in [6.07, 6.45) is 1.78. The number of hydrogen-bond acceptors (Lipinski definition) is 3. The highest BCUT2D eigenvalue weighted by Gasteiger charge is 2.09. The molecule has 0 fully saturated rings. The van der Waals surface area contributed by atoms with Crippen molar-refractivity contribution in [2.45, 2.75) is 26.7 Å². The molecule has 94 valence electrons. The third kappa shape index (κ3) is 4.43. The summed E-state index contributed by atoms with van der Waals surface area (Å²) in [5.41, 5.74) is 0.488. The lowest BCUT2D eigenvalue weighted by Crippen LogP contribution is -2.16. The molecule has 0 amide bonds. The molecule has 0 saturated heterocycles. The fourth-order valence-electron chi connectivity index (χ4n) is 1.24. The molecule has 4 heteroatoms. The molecule has 1 rings (SSSR count). The van der Waals surface area contributed by atoms with E-state index in [0.717, 1.165) is 12.8 Å². The van der Waals surface area contributed by atoms with Crippen LogP contribution in [0.25, 0.3) is 0 Å². The minimum absolute atomic E-state index is 0.0810. The molecular weight excluding hydrogens is 223 g/mol. The van der Waals surface area contributed by atoms with Crippen molar-refractivity contribution in [1.82, 2.24) is 0 Å². The number of benzene rings is 1. The Labute approximate surface area is 101 Å². The van der Waals surface area contributed by atoms with E-state index < -0.39 is 11.8 Å². The zero-order chi connectivity index (χ0) is 12.7. The number of ether oxygens (including phenoxy) is 2. The van der Waals surface area contributed by atoms with Gasteiger partial charge in [0.05, 0.1) is 6.61 Å². The lowest BCUT2D eigenvalue weighted by atomic mass is 10.2. The molecule has 0 bridgehead atoms. The number of carbonyl (C=O) groups excluding carboxylic acids is 1. The van der Waals surface area contributed by atoms with E-state index in [1.54, 1.807) is 19.1 Å². The largest absolute Gasteiger partial charge is 0.479 e. The Bertz CT molecular complexity index is 377. The van der Waals surface area contributed by atoms with E-state index in [4.69, 9.17) is 9.47 Å². The predicted octanol–water partition coefficient (Wildman–Crippen LogP) is 2.86. The number of aryl methyl sites for hydroxylation is 1. The van der Waals surface area contributed by atoms with E-state index in [1.807, 2.05) is 6.92 Å². The summed E-state index contributed by atoms with van der Waals surface area (Å²) in [5, 5.41) is 0. The molecule has 0 atom stereocenters. The van der Waals surface area contributed by atoms with Crippen LogP contribution in [-0.4, -0.2) is 19.2 Å². The number of rotatable bonds is 6. The van der Waals surface area contributed by atoms with Crippen molar-refractivity contribution in [3.63, 3.8) is 0 Å². The molecule has 1 aromatic carbocycles. The van der Waals surface area contributed by atoms with Gasteiger partial charge in [0.15, 0.2) is 18.2 Å². The molecule has 0 saturated carbocycles. The molecule has 0 heterocycles. The second-order valence-corrected chi connectivity index (χ2v) is 3.75. The van der Waals surface area contributed by atoms with Crippen LogP contribution < -0.4 is 4.74 Å². The summed E-state index contributed by atoms with van der Waals surface area (Å²) in [5.74, 6) is -0.828. The van der Waals surface area contributed by atoms with Crippen molar-refractivity contribution in [3.8, 4) is 5.75 Å². The number of carbonyl (C=O) groups is 1. The summed E-state index contributed by atoms with van der Waals surface area (Å²) in [6.45, 7) is 3.77. The van der Waals surface area contributed by atoms with E-state index in [0.29, 0.717) is 12.2 Å². The summed E-state index contributed by atoms with van der Waals surface area (Å²) < 4.78 is 23.4. The maximum Gasteiger partial charge on any atom is 0.344 e. The highest BCUT2D eigenvalue weighted by molar-refractivity contribution is 5.71. The van der Waals surface area contributed by atoms with Crippen molar-refractivity contribution >= 4 is 5.97 Å². The number of unbranched alkanes of at least 4 members (excludes halogenated alkanes) is 1. The van der Waals surface area contributed by atoms with E-state index in [2.05, 4.69) is 0 Å². The number of halogens is 1. The second kappa shape index (κ2) is 6.89. The molecule has 0 radical (unpaired) electrons. The van der Waals surface area contributed by atoms with Crippen molar-refractivity contribution in [2.75, 3.05) is 13.2 Å². The first kappa shape index (κ1) is 13.5. The van der Waals surface area contributed by atoms with Gasteiger partial charge in [0.1, 0.15) is 0 Å². The summed E-state index contributed by atoms with van der Waals surface area (Å²) in [7, 11) is 0. The molecule has 0 N–H and O–H groups in total. The fraction of sp³-hybridized carbons (Fsp3) is 0.462. The van der Waals surface area contributed by atoms with Crippen LogP contribution in [0.1, 0.15) is 25.3 Å². The van der Waals surface area contributed by atoms with Crippen LogP contribution in [0.4, 0.5) is 4.39 Å². The van der Waals surface area contributed by atoms with Crippen LogP contribution in [0.2, 0.25) is 0 Å². The minimum atomic E-state index is -0.473. The predicted molar refractivity (Wildman–Crippen MR) is 62.5 cm³/mol. The van der Waals surface area contributed by atoms with Crippen molar-refractivity contribution in [2.24, 2.45) is 0 Å². The monoisotopic (exact) mass is 240 g/mol. The molecule has 0 aliphatic rings. The van der Waals surface area contributed by atoms with Crippen LogP contribution in [0.3, 0.4) is 0 Å². The Morgan fingerprint density at radius 1 is 1.41 bits per heavy atom. The highest BCUT2D eigenvalue weighted by Crippen LogP contribution is 2.19. The summed E-state index contributed by atoms with van der Waals surface area (Å²) >= 11 is 0. The molecule has 17 heavy (non-hydrogen) atoms. The average Bonchev–Trinajstić information content (AvgIpc) is 2.31. The van der Waals surface area contributed by atoms with Gasteiger partial charge in [-0.1, -0.05) is 25.5 Å². The molecule has 0 aromatic heterocycles. The van der Waals surface area contributed by atoms with Crippen molar-refractivity contribution < 1.29 is 18.7 Å². The fourth-order valence-corrected chi connectivity index (χ4v) is 1.24. The molecule has 0 aliphatic carbocycles. The number of hydrogen-bond donors (Lipinski definition) is 0. The van der Waals surface area contributed by atoms with Gasteiger partial charge >= 0.3 is 5.97 Å². The van der Waals surface area contributed by atoms with Gasteiger partial charge in [0.25, 0.3) is 0 Å². The molecular formula is C13H17FO3. The lowest BCUT2D eigenvalue weighted by Gasteiger charge is -2.08. The maximum atomic E-state index is 13.5. The Hall–Kier alpha value is -1.58. The van der Waals surface area contributed by atoms with Gasteiger partial charge < -0.3 is 9.47 Å². The van der Waals surface area contributed by atoms with Crippen LogP contribution >= 0.6 is 0 Å². The smallest absolute Gasteiger partial charge is 0.344 e. The molecule has 0 unspecified atom stereocenters. The molecule has 3 nitrogen and oxygen atoms in total. The van der Waals surface area contributed by atoms with E-state index in [9.17, 15) is 9.18 Å². The molecule has 0 aliphatic heterocycles. The Balaban J connectivity index is 2.39. The van der Waals surface area contributed by atoms with E-state index in [-0.39, 0.29) is 12.4 Å². The topological polar surface area (TPSA) is 35.5 Å². The molecule has 1 aromatic rings. The van der Waals surface area contributed by atoms with Crippen LogP contribution in [0.15, 0.2) is 18.2 Å². The van der Waals surface area contributed by atoms with Crippen molar-refractivity contribution in [1.29, 1.82) is 0 Å². The number of esters is 1. The normalized spacial score (nSPS) is 10.1. The zero-order valence-electron chi connectivity index (χ0n) is 10.2. The quantitative estimate of drug-likeness (QED) is 0.566. The van der Waals surface area contributed by atoms with Crippen LogP contribution in [-0.2, 0) is 9.53 Å². The first-order chi connectivity index (χ1) is 8.15. The lowest BCUT2D eigenvalue weighted by molar-refractivity contribution is -0.146. The SMILES string of the molecule is CCCCOC(=O)COc1cccc(C)c1F.